The Morgan fingerprint density at radius 1 is 1.30 bits per heavy atom. The van der Waals surface area contributed by atoms with Gasteiger partial charge in [-0.2, -0.15) is 0 Å². The molecule has 0 aliphatic heterocycles. The molecule has 1 amide bonds. The maximum atomic E-state index is 13.0. The van der Waals surface area contributed by atoms with Crippen molar-refractivity contribution < 1.29 is 9.18 Å². The number of benzene rings is 1. The predicted octanol–water partition coefficient (Wildman–Crippen LogP) is 1.75. The molecular formula is C17H25FN4O. The van der Waals surface area contributed by atoms with Gasteiger partial charge in [0.2, 0.25) is 5.91 Å². The molecule has 0 heterocycles. The summed E-state index contributed by atoms with van der Waals surface area (Å²) in [6, 6.07) is 6.46. The molecule has 0 radical (unpaired) electrons. The molecule has 2 N–H and O–H groups in total. The molecule has 0 saturated heterocycles. The minimum Gasteiger partial charge on any atom is -0.357 e. The molecule has 0 unspecified atom stereocenters. The normalized spacial score (nSPS) is 14.5. The second-order valence-corrected chi connectivity index (χ2v) is 5.78. The van der Waals surface area contributed by atoms with Crippen LogP contribution < -0.4 is 10.6 Å². The molecule has 0 atom stereocenters. The molecule has 23 heavy (non-hydrogen) atoms. The third-order valence-electron chi connectivity index (χ3n) is 3.65. The summed E-state index contributed by atoms with van der Waals surface area (Å²) in [4.78, 5) is 18.1. The van der Waals surface area contributed by atoms with Crippen LogP contribution in [0.1, 0.15) is 25.3 Å². The molecule has 5 nitrogen and oxygen atoms in total. The number of nitrogens with zero attached hydrogens (tertiary/aromatic N) is 2. The number of hydrogen-bond acceptors (Lipinski definition) is 2. The molecule has 1 aliphatic rings. The van der Waals surface area contributed by atoms with E-state index in [1.165, 1.54) is 12.1 Å². The Kier molecular flexibility index (Phi) is 6.38. The van der Waals surface area contributed by atoms with E-state index < -0.39 is 0 Å². The highest BCUT2D eigenvalue weighted by atomic mass is 19.1. The van der Waals surface area contributed by atoms with Crippen LogP contribution in [0.2, 0.25) is 0 Å². The molecule has 126 valence electrons. The van der Waals surface area contributed by atoms with Gasteiger partial charge in [-0.3, -0.25) is 9.79 Å². The number of hydrogen-bond donors (Lipinski definition) is 2. The van der Waals surface area contributed by atoms with E-state index in [1.54, 1.807) is 12.1 Å². The van der Waals surface area contributed by atoms with Gasteiger partial charge in [0.1, 0.15) is 5.82 Å². The van der Waals surface area contributed by atoms with Gasteiger partial charge < -0.3 is 15.5 Å². The van der Waals surface area contributed by atoms with Crippen LogP contribution in [-0.4, -0.2) is 43.4 Å². The molecule has 6 heteroatoms. The molecule has 0 bridgehead atoms. The summed E-state index contributed by atoms with van der Waals surface area (Å²) in [5.74, 6) is 0.916. The molecule has 2 rings (SSSR count). The number of aliphatic imine (C=N–C) groups is 1. The third kappa shape index (κ3) is 5.88. The van der Waals surface area contributed by atoms with Crippen molar-refractivity contribution in [2.75, 3.05) is 26.7 Å². The van der Waals surface area contributed by atoms with Gasteiger partial charge in [-0.15, -0.1) is 0 Å². The van der Waals surface area contributed by atoms with Gasteiger partial charge in [-0.25, -0.2) is 4.39 Å². The van der Waals surface area contributed by atoms with Crippen LogP contribution in [0.5, 0.6) is 0 Å². The van der Waals surface area contributed by atoms with Gasteiger partial charge in [0.25, 0.3) is 0 Å². The van der Waals surface area contributed by atoms with Crippen LogP contribution in [-0.2, 0) is 11.3 Å². The fourth-order valence-electron chi connectivity index (χ4n) is 2.24. The Hall–Kier alpha value is -2.11. The minimum absolute atomic E-state index is 0.143. The number of rotatable bonds is 7. The number of nitrogens with one attached hydrogen (secondary N) is 2. The van der Waals surface area contributed by atoms with Gasteiger partial charge >= 0.3 is 0 Å². The first-order valence-corrected chi connectivity index (χ1v) is 8.11. The van der Waals surface area contributed by atoms with E-state index in [9.17, 15) is 9.18 Å². The predicted molar refractivity (Wildman–Crippen MR) is 89.6 cm³/mol. The summed E-state index contributed by atoms with van der Waals surface area (Å²) >= 11 is 0. The summed E-state index contributed by atoms with van der Waals surface area (Å²) in [6.07, 6.45) is 2.02. The number of guanidine groups is 1. The first-order valence-electron chi connectivity index (χ1n) is 8.11. The SMILES string of the molecule is CCNC(=NCCNC(=O)C1CC1)N(C)Cc1ccc(F)cc1. The van der Waals surface area contributed by atoms with Crippen LogP contribution in [0.3, 0.4) is 0 Å². The molecule has 1 saturated carbocycles. The average Bonchev–Trinajstić information content (AvgIpc) is 3.37. The Morgan fingerprint density at radius 3 is 2.61 bits per heavy atom. The van der Waals surface area contributed by atoms with E-state index in [1.807, 2.05) is 18.9 Å². The second-order valence-electron chi connectivity index (χ2n) is 5.78. The van der Waals surface area contributed by atoms with E-state index in [0.717, 1.165) is 30.9 Å². The zero-order valence-corrected chi connectivity index (χ0v) is 13.8. The molecule has 1 aliphatic carbocycles. The second kappa shape index (κ2) is 8.50. The van der Waals surface area contributed by atoms with Crippen LogP contribution in [0.25, 0.3) is 0 Å². The van der Waals surface area contributed by atoms with Gasteiger partial charge in [-0.05, 0) is 37.5 Å². The molecule has 0 aromatic heterocycles. The van der Waals surface area contributed by atoms with Crippen molar-refractivity contribution in [2.24, 2.45) is 10.9 Å². The lowest BCUT2D eigenvalue weighted by molar-refractivity contribution is -0.122. The van der Waals surface area contributed by atoms with Crippen LogP contribution in [0, 0.1) is 11.7 Å². The maximum absolute atomic E-state index is 13.0. The standard InChI is InChI=1S/C17H25FN4O/c1-3-19-17(21-11-10-20-16(23)14-6-7-14)22(2)12-13-4-8-15(18)9-5-13/h4-5,8-9,14H,3,6-7,10-12H2,1-2H3,(H,19,21)(H,20,23). The van der Waals surface area contributed by atoms with E-state index in [4.69, 9.17) is 0 Å². The Bertz CT molecular complexity index is 540. The van der Waals surface area contributed by atoms with Crippen molar-refractivity contribution in [2.45, 2.75) is 26.3 Å². The smallest absolute Gasteiger partial charge is 0.223 e. The van der Waals surface area contributed by atoms with Crippen molar-refractivity contribution >= 4 is 11.9 Å². The molecular weight excluding hydrogens is 295 g/mol. The van der Waals surface area contributed by atoms with Crippen molar-refractivity contribution in [1.29, 1.82) is 0 Å². The quantitative estimate of drug-likeness (QED) is 0.457. The van der Waals surface area contributed by atoms with E-state index >= 15 is 0 Å². The average molecular weight is 320 g/mol. The van der Waals surface area contributed by atoms with Crippen molar-refractivity contribution in [3.63, 3.8) is 0 Å². The molecule has 0 spiro atoms. The topological polar surface area (TPSA) is 56.7 Å². The fraction of sp³-hybridized carbons (Fsp3) is 0.529. The Balaban J connectivity index is 1.83. The summed E-state index contributed by atoms with van der Waals surface area (Å²) in [5, 5.41) is 6.13. The highest BCUT2D eigenvalue weighted by molar-refractivity contribution is 5.81. The lowest BCUT2D eigenvalue weighted by Crippen LogP contribution is -2.39. The summed E-state index contributed by atoms with van der Waals surface area (Å²) in [6.45, 7) is 4.50. The minimum atomic E-state index is -0.233. The highest BCUT2D eigenvalue weighted by Crippen LogP contribution is 2.28. The van der Waals surface area contributed by atoms with Crippen LogP contribution in [0.15, 0.2) is 29.3 Å². The summed E-state index contributed by atoms with van der Waals surface area (Å²) in [7, 11) is 1.94. The van der Waals surface area contributed by atoms with Gasteiger partial charge in [-0.1, -0.05) is 12.1 Å². The highest BCUT2D eigenvalue weighted by Gasteiger charge is 2.28. The lowest BCUT2D eigenvalue weighted by Gasteiger charge is -2.22. The fourth-order valence-corrected chi connectivity index (χ4v) is 2.24. The number of carbonyl (C=O) groups excluding carboxylic acids is 1. The van der Waals surface area contributed by atoms with Crippen molar-refractivity contribution in [1.82, 2.24) is 15.5 Å². The van der Waals surface area contributed by atoms with Gasteiger partial charge in [0.05, 0.1) is 6.54 Å². The molecule has 1 aromatic carbocycles. The van der Waals surface area contributed by atoms with Crippen LogP contribution in [0.4, 0.5) is 4.39 Å². The number of halogens is 1. The molecule has 1 fully saturated rings. The zero-order chi connectivity index (χ0) is 16.7. The van der Waals surface area contributed by atoms with E-state index in [-0.39, 0.29) is 17.6 Å². The van der Waals surface area contributed by atoms with E-state index in [0.29, 0.717) is 19.6 Å². The van der Waals surface area contributed by atoms with Crippen molar-refractivity contribution in [3.8, 4) is 0 Å². The Morgan fingerprint density at radius 2 is 2.00 bits per heavy atom. The third-order valence-corrected chi connectivity index (χ3v) is 3.65. The summed E-state index contributed by atoms with van der Waals surface area (Å²) < 4.78 is 13.0. The monoisotopic (exact) mass is 320 g/mol. The largest absolute Gasteiger partial charge is 0.357 e. The van der Waals surface area contributed by atoms with Gasteiger partial charge in [0, 0.05) is 32.6 Å². The molecule has 1 aromatic rings. The zero-order valence-electron chi connectivity index (χ0n) is 13.8. The van der Waals surface area contributed by atoms with E-state index in [2.05, 4.69) is 15.6 Å². The van der Waals surface area contributed by atoms with Gasteiger partial charge in [0.15, 0.2) is 5.96 Å². The number of carbonyl (C=O) groups is 1. The maximum Gasteiger partial charge on any atom is 0.223 e. The first-order chi connectivity index (χ1) is 11.1. The Labute approximate surface area is 137 Å². The van der Waals surface area contributed by atoms with Crippen LogP contribution >= 0.6 is 0 Å². The number of amides is 1. The lowest BCUT2D eigenvalue weighted by atomic mass is 10.2. The van der Waals surface area contributed by atoms with Crippen molar-refractivity contribution in [3.05, 3.63) is 35.6 Å². The summed E-state index contributed by atoms with van der Waals surface area (Å²) in [5.41, 5.74) is 1.02. The first kappa shape index (κ1) is 17.2.